The molecular formula is C9H14O2. The highest BCUT2D eigenvalue weighted by Crippen LogP contribution is 2.70. The molecule has 62 valence electrons. The number of aliphatic carboxylic acids is 1. The van der Waals surface area contributed by atoms with E-state index in [-0.39, 0.29) is 10.8 Å². The Morgan fingerprint density at radius 3 is 2.36 bits per heavy atom. The number of carbonyl (C=O) groups is 1. The van der Waals surface area contributed by atoms with Gasteiger partial charge < -0.3 is 5.11 Å². The molecule has 0 spiro atoms. The van der Waals surface area contributed by atoms with Crippen molar-refractivity contribution in [3.8, 4) is 0 Å². The van der Waals surface area contributed by atoms with E-state index in [9.17, 15) is 4.79 Å². The molecule has 0 aliphatic heterocycles. The molecule has 0 saturated heterocycles. The maximum Gasteiger partial charge on any atom is 0.310 e. The maximum atomic E-state index is 11.0. The first-order chi connectivity index (χ1) is 5.01. The summed E-state index contributed by atoms with van der Waals surface area (Å²) in [7, 11) is 0. The molecule has 2 heteroatoms. The molecule has 3 saturated carbocycles. The van der Waals surface area contributed by atoms with E-state index in [2.05, 4.69) is 13.8 Å². The normalized spacial score (nSPS) is 45.1. The SMILES string of the molecule is CC1(C)[C@@H]2CC[C@@]1(C(=O)O)C2. The largest absolute Gasteiger partial charge is 0.481 e. The molecule has 11 heavy (non-hydrogen) atoms. The zero-order chi connectivity index (χ0) is 8.28. The van der Waals surface area contributed by atoms with Gasteiger partial charge in [0.15, 0.2) is 0 Å². The van der Waals surface area contributed by atoms with Crippen LogP contribution in [0, 0.1) is 16.7 Å². The lowest BCUT2D eigenvalue weighted by molar-refractivity contribution is -0.170. The second-order valence-electron chi connectivity index (χ2n) is 4.55. The molecule has 2 nitrogen and oxygen atoms in total. The fourth-order valence-electron chi connectivity index (χ4n) is 2.98. The van der Waals surface area contributed by atoms with Crippen LogP contribution in [0.25, 0.3) is 0 Å². The first-order valence-electron chi connectivity index (χ1n) is 4.24. The van der Waals surface area contributed by atoms with Crippen molar-refractivity contribution in [1.82, 2.24) is 0 Å². The van der Waals surface area contributed by atoms with Crippen molar-refractivity contribution < 1.29 is 9.90 Å². The summed E-state index contributed by atoms with van der Waals surface area (Å²) >= 11 is 0. The smallest absolute Gasteiger partial charge is 0.310 e. The van der Waals surface area contributed by atoms with Gasteiger partial charge in [0.2, 0.25) is 0 Å². The van der Waals surface area contributed by atoms with Gasteiger partial charge in [-0.1, -0.05) is 13.8 Å². The molecule has 0 amide bonds. The van der Waals surface area contributed by atoms with Crippen molar-refractivity contribution in [2.24, 2.45) is 16.7 Å². The molecule has 0 radical (unpaired) electrons. The summed E-state index contributed by atoms with van der Waals surface area (Å²) in [6, 6.07) is 0. The number of hydrogen-bond acceptors (Lipinski definition) is 1. The van der Waals surface area contributed by atoms with Crippen LogP contribution >= 0.6 is 0 Å². The van der Waals surface area contributed by atoms with Crippen LogP contribution in [0.4, 0.5) is 0 Å². The van der Waals surface area contributed by atoms with E-state index < -0.39 is 5.97 Å². The van der Waals surface area contributed by atoms with Gasteiger partial charge in [-0.05, 0) is 30.6 Å². The molecule has 3 aliphatic rings. The minimum Gasteiger partial charge on any atom is -0.481 e. The topological polar surface area (TPSA) is 37.3 Å². The van der Waals surface area contributed by atoms with Crippen molar-refractivity contribution in [2.45, 2.75) is 33.1 Å². The summed E-state index contributed by atoms with van der Waals surface area (Å²) in [6.45, 7) is 4.20. The van der Waals surface area contributed by atoms with Crippen LogP contribution in [0.2, 0.25) is 0 Å². The van der Waals surface area contributed by atoms with E-state index in [0.29, 0.717) is 5.92 Å². The van der Waals surface area contributed by atoms with Gasteiger partial charge in [-0.3, -0.25) is 4.79 Å². The lowest BCUT2D eigenvalue weighted by Gasteiger charge is -2.51. The van der Waals surface area contributed by atoms with E-state index in [4.69, 9.17) is 5.11 Å². The number of carboxylic acid groups (broad SMARTS) is 1. The molecule has 0 unspecified atom stereocenters. The van der Waals surface area contributed by atoms with Crippen molar-refractivity contribution in [2.75, 3.05) is 0 Å². The summed E-state index contributed by atoms with van der Waals surface area (Å²) in [5, 5.41) is 9.05. The Balaban J connectivity index is 2.36. The van der Waals surface area contributed by atoms with Crippen LogP contribution in [0.5, 0.6) is 0 Å². The molecule has 3 aliphatic carbocycles. The van der Waals surface area contributed by atoms with E-state index in [0.717, 1.165) is 19.3 Å². The van der Waals surface area contributed by atoms with Crippen LogP contribution in [-0.2, 0) is 4.79 Å². The Morgan fingerprint density at radius 2 is 2.18 bits per heavy atom. The van der Waals surface area contributed by atoms with Crippen molar-refractivity contribution in [3.63, 3.8) is 0 Å². The van der Waals surface area contributed by atoms with Crippen LogP contribution in [0.3, 0.4) is 0 Å². The summed E-state index contributed by atoms with van der Waals surface area (Å²) < 4.78 is 0. The zero-order valence-electron chi connectivity index (χ0n) is 7.05. The molecule has 0 aromatic heterocycles. The van der Waals surface area contributed by atoms with Gasteiger partial charge in [0.25, 0.3) is 0 Å². The third-order valence-electron chi connectivity index (χ3n) is 4.18. The third kappa shape index (κ3) is 0.534. The third-order valence-corrected chi connectivity index (χ3v) is 4.18. The highest BCUT2D eigenvalue weighted by molar-refractivity contribution is 5.78. The molecule has 3 rings (SSSR count). The lowest BCUT2D eigenvalue weighted by Crippen LogP contribution is -2.52. The van der Waals surface area contributed by atoms with E-state index in [1.54, 1.807) is 0 Å². The Kier molecular flexibility index (Phi) is 1.05. The van der Waals surface area contributed by atoms with Crippen LogP contribution in [0.15, 0.2) is 0 Å². The van der Waals surface area contributed by atoms with Gasteiger partial charge in [-0.15, -0.1) is 0 Å². The first kappa shape index (κ1) is 7.14. The maximum absolute atomic E-state index is 11.0. The van der Waals surface area contributed by atoms with Gasteiger partial charge in [0, 0.05) is 0 Å². The molecule has 2 atom stereocenters. The molecule has 3 fully saturated rings. The lowest BCUT2D eigenvalue weighted by atomic mass is 9.51. The van der Waals surface area contributed by atoms with Crippen LogP contribution < -0.4 is 0 Å². The van der Waals surface area contributed by atoms with Gasteiger partial charge in [-0.2, -0.15) is 0 Å². The summed E-state index contributed by atoms with van der Waals surface area (Å²) in [5.41, 5.74) is -0.281. The average Bonchev–Trinajstić information content (AvgIpc) is 2.40. The number of carboxylic acids is 1. The number of fused-ring (bicyclic) bond motifs is 1. The van der Waals surface area contributed by atoms with Gasteiger partial charge in [-0.25, -0.2) is 0 Å². The van der Waals surface area contributed by atoms with Gasteiger partial charge in [0.05, 0.1) is 5.41 Å². The van der Waals surface area contributed by atoms with Crippen molar-refractivity contribution in [3.05, 3.63) is 0 Å². The molecule has 1 N–H and O–H groups in total. The second-order valence-corrected chi connectivity index (χ2v) is 4.55. The first-order valence-corrected chi connectivity index (χ1v) is 4.24. The minimum atomic E-state index is -0.573. The predicted octanol–water partition coefficient (Wildman–Crippen LogP) is 1.90. The van der Waals surface area contributed by atoms with Crippen LogP contribution in [-0.4, -0.2) is 11.1 Å². The van der Waals surface area contributed by atoms with Crippen LogP contribution in [0.1, 0.15) is 33.1 Å². The van der Waals surface area contributed by atoms with E-state index in [1.807, 2.05) is 0 Å². The summed E-state index contributed by atoms with van der Waals surface area (Å²) in [6.07, 6.45) is 2.95. The Morgan fingerprint density at radius 1 is 1.55 bits per heavy atom. The Hall–Kier alpha value is -0.530. The van der Waals surface area contributed by atoms with E-state index >= 15 is 0 Å². The highest BCUT2D eigenvalue weighted by atomic mass is 16.4. The molecule has 0 aromatic carbocycles. The molecule has 0 aromatic rings. The fourth-order valence-corrected chi connectivity index (χ4v) is 2.98. The monoisotopic (exact) mass is 154 g/mol. The highest BCUT2D eigenvalue weighted by Gasteiger charge is 2.68. The predicted molar refractivity (Wildman–Crippen MR) is 41.2 cm³/mol. The van der Waals surface area contributed by atoms with Gasteiger partial charge in [0.1, 0.15) is 0 Å². The molecular weight excluding hydrogens is 140 g/mol. The Bertz CT molecular complexity index is 216. The van der Waals surface area contributed by atoms with E-state index in [1.165, 1.54) is 0 Å². The number of rotatable bonds is 1. The average molecular weight is 154 g/mol. The Labute approximate surface area is 66.6 Å². The summed E-state index contributed by atoms with van der Waals surface area (Å²) in [4.78, 5) is 11.0. The second kappa shape index (κ2) is 1.62. The zero-order valence-corrected chi connectivity index (χ0v) is 7.05. The number of hydrogen-bond donors (Lipinski definition) is 1. The summed E-state index contributed by atoms with van der Waals surface area (Å²) in [5.74, 6) is 0.106. The van der Waals surface area contributed by atoms with Crippen molar-refractivity contribution in [1.29, 1.82) is 0 Å². The van der Waals surface area contributed by atoms with Crippen molar-refractivity contribution >= 4 is 5.97 Å². The standard InChI is InChI=1S/C9H14O2/c1-8(2)6-3-4-9(8,5-6)7(10)11/h6H,3-5H2,1-2H3,(H,10,11)/t6-,9+/m1/s1. The minimum absolute atomic E-state index is 0.0683. The quantitative estimate of drug-likeness (QED) is 0.626. The molecule has 2 bridgehead atoms. The molecule has 0 heterocycles. The van der Waals surface area contributed by atoms with Gasteiger partial charge >= 0.3 is 5.97 Å². The fraction of sp³-hybridized carbons (Fsp3) is 0.889.